The molecule has 0 bridgehead atoms. The average molecular weight is 388 g/mol. The van der Waals surface area contributed by atoms with Crippen molar-refractivity contribution in [2.24, 2.45) is 0 Å². The SMILES string of the molecule is Cc1c(Cl)cccc1Nc1cc(C(=O)N2CCC3(CC2)OCCO3)ccn1. The Balaban J connectivity index is 1.46. The lowest BCUT2D eigenvalue weighted by Crippen LogP contribution is -2.47. The highest BCUT2D eigenvalue weighted by atomic mass is 35.5. The molecule has 1 aromatic heterocycles. The zero-order valence-corrected chi connectivity index (χ0v) is 16.0. The third-order valence-electron chi connectivity index (χ3n) is 5.16. The Morgan fingerprint density at radius 2 is 1.96 bits per heavy atom. The van der Waals surface area contributed by atoms with Crippen molar-refractivity contribution < 1.29 is 14.3 Å². The summed E-state index contributed by atoms with van der Waals surface area (Å²) in [4.78, 5) is 19.1. The number of carbonyl (C=O) groups is 1. The molecule has 0 radical (unpaired) electrons. The number of amides is 1. The summed E-state index contributed by atoms with van der Waals surface area (Å²) in [5.74, 6) is 0.129. The predicted molar refractivity (Wildman–Crippen MR) is 103 cm³/mol. The molecule has 142 valence electrons. The molecule has 0 aliphatic carbocycles. The largest absolute Gasteiger partial charge is 0.347 e. The summed E-state index contributed by atoms with van der Waals surface area (Å²) in [6.45, 7) is 4.46. The molecular formula is C20H22ClN3O3. The minimum Gasteiger partial charge on any atom is -0.347 e. The second-order valence-corrected chi connectivity index (χ2v) is 7.27. The van der Waals surface area contributed by atoms with Gasteiger partial charge in [-0.1, -0.05) is 17.7 Å². The Morgan fingerprint density at radius 3 is 2.70 bits per heavy atom. The fourth-order valence-corrected chi connectivity index (χ4v) is 3.71. The van der Waals surface area contributed by atoms with Crippen LogP contribution in [0.5, 0.6) is 0 Å². The number of anilines is 2. The van der Waals surface area contributed by atoms with Crippen LogP contribution in [0.15, 0.2) is 36.5 Å². The van der Waals surface area contributed by atoms with E-state index in [2.05, 4.69) is 10.3 Å². The molecular weight excluding hydrogens is 366 g/mol. The van der Waals surface area contributed by atoms with Gasteiger partial charge in [-0.05, 0) is 36.8 Å². The molecule has 27 heavy (non-hydrogen) atoms. The molecule has 1 aromatic carbocycles. The number of pyridine rings is 1. The molecule has 3 heterocycles. The number of benzene rings is 1. The highest BCUT2D eigenvalue weighted by molar-refractivity contribution is 6.31. The normalized spacial score (nSPS) is 18.7. The summed E-state index contributed by atoms with van der Waals surface area (Å²) in [7, 11) is 0. The van der Waals surface area contributed by atoms with Crippen molar-refractivity contribution >= 4 is 29.0 Å². The minimum atomic E-state index is -0.480. The topological polar surface area (TPSA) is 63.7 Å². The molecule has 7 heteroatoms. The van der Waals surface area contributed by atoms with Gasteiger partial charge >= 0.3 is 0 Å². The van der Waals surface area contributed by atoms with E-state index in [1.165, 1.54) is 0 Å². The van der Waals surface area contributed by atoms with Gasteiger partial charge in [-0.15, -0.1) is 0 Å². The van der Waals surface area contributed by atoms with E-state index in [1.54, 1.807) is 18.3 Å². The second kappa shape index (κ2) is 7.46. The Bertz CT molecular complexity index is 842. The fraction of sp³-hybridized carbons (Fsp3) is 0.400. The van der Waals surface area contributed by atoms with E-state index in [9.17, 15) is 4.79 Å². The zero-order valence-electron chi connectivity index (χ0n) is 15.2. The van der Waals surface area contributed by atoms with Crippen molar-refractivity contribution in [3.8, 4) is 0 Å². The third kappa shape index (κ3) is 3.78. The van der Waals surface area contributed by atoms with Gasteiger partial charge in [0, 0.05) is 48.4 Å². The van der Waals surface area contributed by atoms with E-state index >= 15 is 0 Å². The molecule has 1 amide bonds. The first kappa shape index (κ1) is 18.2. The van der Waals surface area contributed by atoms with Gasteiger partial charge in [0.1, 0.15) is 5.82 Å². The number of aromatic nitrogens is 1. The zero-order chi connectivity index (χ0) is 18.9. The molecule has 4 rings (SSSR count). The van der Waals surface area contributed by atoms with Gasteiger partial charge in [0.15, 0.2) is 5.79 Å². The number of halogens is 1. The molecule has 2 fully saturated rings. The Kier molecular flexibility index (Phi) is 5.04. The summed E-state index contributed by atoms with van der Waals surface area (Å²) in [6, 6.07) is 9.17. The fourth-order valence-electron chi connectivity index (χ4n) is 3.53. The monoisotopic (exact) mass is 387 g/mol. The quantitative estimate of drug-likeness (QED) is 0.868. The molecule has 2 aromatic rings. The lowest BCUT2D eigenvalue weighted by Gasteiger charge is -2.37. The van der Waals surface area contributed by atoms with Gasteiger partial charge in [-0.25, -0.2) is 4.98 Å². The summed E-state index contributed by atoms with van der Waals surface area (Å²) in [6.07, 6.45) is 3.05. The van der Waals surface area contributed by atoms with E-state index in [0.717, 1.165) is 11.3 Å². The van der Waals surface area contributed by atoms with Gasteiger partial charge in [0.05, 0.1) is 13.2 Å². The lowest BCUT2D eigenvalue weighted by atomic mass is 10.0. The van der Waals surface area contributed by atoms with Crippen LogP contribution in [0.25, 0.3) is 0 Å². The van der Waals surface area contributed by atoms with E-state index < -0.39 is 5.79 Å². The van der Waals surface area contributed by atoms with E-state index in [4.69, 9.17) is 21.1 Å². The Hall–Kier alpha value is -2.15. The molecule has 2 saturated heterocycles. The van der Waals surface area contributed by atoms with E-state index in [1.807, 2.05) is 30.0 Å². The van der Waals surface area contributed by atoms with Crippen LogP contribution in [0, 0.1) is 6.92 Å². The number of piperidine rings is 1. The van der Waals surface area contributed by atoms with Crippen molar-refractivity contribution in [3.05, 3.63) is 52.7 Å². The molecule has 6 nitrogen and oxygen atoms in total. The minimum absolute atomic E-state index is 0.00360. The summed E-state index contributed by atoms with van der Waals surface area (Å²) < 4.78 is 11.5. The first-order valence-corrected chi connectivity index (χ1v) is 9.50. The smallest absolute Gasteiger partial charge is 0.254 e. The lowest BCUT2D eigenvalue weighted by molar-refractivity contribution is -0.181. The van der Waals surface area contributed by atoms with Gasteiger partial charge in [0.25, 0.3) is 5.91 Å². The van der Waals surface area contributed by atoms with Crippen LogP contribution in [0.1, 0.15) is 28.8 Å². The summed E-state index contributed by atoms with van der Waals surface area (Å²) in [5, 5.41) is 3.93. The number of nitrogens with zero attached hydrogens (tertiary/aromatic N) is 2. The highest BCUT2D eigenvalue weighted by Crippen LogP contribution is 2.32. The van der Waals surface area contributed by atoms with Crippen LogP contribution in [0.2, 0.25) is 5.02 Å². The van der Waals surface area contributed by atoms with Gasteiger partial charge in [-0.3, -0.25) is 4.79 Å². The first-order chi connectivity index (χ1) is 13.1. The molecule has 0 unspecified atom stereocenters. The van der Waals surface area contributed by atoms with Gasteiger partial charge < -0.3 is 19.7 Å². The molecule has 0 atom stereocenters. The standard InChI is InChI=1S/C20H22ClN3O3/c1-14-16(21)3-2-4-17(14)23-18-13-15(5-8-22-18)19(25)24-9-6-20(7-10-24)26-11-12-27-20/h2-5,8,13H,6-7,9-12H2,1H3,(H,22,23). The number of ether oxygens (including phenoxy) is 2. The number of likely N-dealkylation sites (tertiary alicyclic amines) is 1. The van der Waals surface area contributed by atoms with Crippen LogP contribution >= 0.6 is 11.6 Å². The van der Waals surface area contributed by atoms with E-state index in [-0.39, 0.29) is 5.91 Å². The maximum Gasteiger partial charge on any atom is 0.254 e. The van der Waals surface area contributed by atoms with Crippen LogP contribution in [-0.2, 0) is 9.47 Å². The van der Waals surface area contributed by atoms with Crippen molar-refractivity contribution in [1.82, 2.24) is 9.88 Å². The summed E-state index contributed by atoms with van der Waals surface area (Å²) in [5.41, 5.74) is 2.42. The second-order valence-electron chi connectivity index (χ2n) is 6.87. The van der Waals surface area contributed by atoms with Crippen LogP contribution in [0.3, 0.4) is 0 Å². The van der Waals surface area contributed by atoms with Crippen molar-refractivity contribution in [2.75, 3.05) is 31.6 Å². The Morgan fingerprint density at radius 1 is 1.22 bits per heavy atom. The number of rotatable bonds is 3. The number of nitrogens with one attached hydrogen (secondary N) is 1. The van der Waals surface area contributed by atoms with Crippen molar-refractivity contribution in [3.63, 3.8) is 0 Å². The van der Waals surface area contributed by atoms with Crippen LogP contribution < -0.4 is 5.32 Å². The third-order valence-corrected chi connectivity index (χ3v) is 5.57. The Labute approximate surface area is 163 Å². The van der Waals surface area contributed by atoms with E-state index in [0.29, 0.717) is 55.5 Å². The predicted octanol–water partition coefficient (Wildman–Crippen LogP) is 3.77. The van der Waals surface area contributed by atoms with Crippen molar-refractivity contribution in [2.45, 2.75) is 25.6 Å². The van der Waals surface area contributed by atoms with Crippen LogP contribution in [0.4, 0.5) is 11.5 Å². The highest BCUT2D eigenvalue weighted by Gasteiger charge is 2.40. The molecule has 2 aliphatic rings. The van der Waals surface area contributed by atoms with Gasteiger partial charge in [-0.2, -0.15) is 0 Å². The molecule has 0 saturated carbocycles. The number of hydrogen-bond donors (Lipinski definition) is 1. The first-order valence-electron chi connectivity index (χ1n) is 9.12. The maximum absolute atomic E-state index is 12.9. The van der Waals surface area contributed by atoms with Crippen LogP contribution in [-0.4, -0.2) is 47.9 Å². The molecule has 1 spiro atoms. The number of carbonyl (C=O) groups excluding carboxylic acids is 1. The number of hydrogen-bond acceptors (Lipinski definition) is 5. The van der Waals surface area contributed by atoms with Gasteiger partial charge in [0.2, 0.25) is 0 Å². The van der Waals surface area contributed by atoms with Crippen molar-refractivity contribution in [1.29, 1.82) is 0 Å². The molecule has 1 N–H and O–H groups in total. The maximum atomic E-state index is 12.9. The average Bonchev–Trinajstić information content (AvgIpc) is 3.14. The summed E-state index contributed by atoms with van der Waals surface area (Å²) >= 11 is 6.17. The molecule has 2 aliphatic heterocycles.